The van der Waals surface area contributed by atoms with Gasteiger partial charge < -0.3 is 0 Å². The summed E-state index contributed by atoms with van der Waals surface area (Å²) in [7, 11) is 0. The fourth-order valence-corrected chi connectivity index (χ4v) is 6.40. The fourth-order valence-electron chi connectivity index (χ4n) is 3.09. The molecule has 5 rings (SSSR count). The molecule has 0 aliphatic heterocycles. The molecular weight excluding hydrogens is 454 g/mol. The van der Waals surface area contributed by atoms with Gasteiger partial charge in [0.1, 0.15) is 0 Å². The molecule has 4 nitrogen and oxygen atoms in total. The van der Waals surface area contributed by atoms with Gasteiger partial charge in [0.25, 0.3) is 0 Å². The van der Waals surface area contributed by atoms with Gasteiger partial charge in [-0.2, -0.15) is 0 Å². The van der Waals surface area contributed by atoms with E-state index in [0.717, 1.165) is 24.1 Å². The number of hydrogen-bond acceptors (Lipinski definition) is 2. The first kappa shape index (κ1) is 16.1. The van der Waals surface area contributed by atoms with Gasteiger partial charge in [-0.05, 0) is 0 Å². The Morgan fingerprint density at radius 2 is 1.00 bits per heavy atom. The van der Waals surface area contributed by atoms with Crippen molar-refractivity contribution in [3.05, 3.63) is 83.9 Å². The van der Waals surface area contributed by atoms with Gasteiger partial charge in [-0.3, -0.25) is 0 Å². The molecule has 5 aromatic rings. The van der Waals surface area contributed by atoms with Crippen LogP contribution in [-0.4, -0.2) is 37.9 Å². The Morgan fingerprint density at radius 3 is 1.46 bits per heavy atom. The molecule has 0 unspecified atom stereocenters. The van der Waals surface area contributed by atoms with E-state index in [9.17, 15) is 0 Å². The van der Waals surface area contributed by atoms with Crippen LogP contribution in [-0.2, 0) is 13.1 Å². The summed E-state index contributed by atoms with van der Waals surface area (Å²) in [4.78, 5) is 0. The molecule has 3 aromatic carbocycles. The second kappa shape index (κ2) is 6.90. The van der Waals surface area contributed by atoms with Gasteiger partial charge in [-0.15, -0.1) is 0 Å². The zero-order valence-electron chi connectivity index (χ0n) is 13.9. The van der Waals surface area contributed by atoms with Crippen LogP contribution in [0.3, 0.4) is 0 Å². The molecule has 0 N–H and O–H groups in total. The predicted octanol–water partition coefficient (Wildman–Crippen LogP) is 1.57. The first-order valence-corrected chi connectivity index (χ1v) is 11.5. The molecule has 2 heterocycles. The summed E-state index contributed by atoms with van der Waals surface area (Å²) < 4.78 is 14.1. The van der Waals surface area contributed by atoms with E-state index in [1.807, 2.05) is 0 Å². The van der Waals surface area contributed by atoms with E-state index in [0.29, 0.717) is 0 Å². The molecule has 0 bridgehead atoms. The summed E-state index contributed by atoms with van der Waals surface area (Å²) >= 11 is 0.317. The number of aromatic nitrogens is 4. The van der Waals surface area contributed by atoms with Crippen LogP contribution in [0.2, 0.25) is 0 Å². The zero-order chi connectivity index (χ0) is 17.3. The number of fused-ring (bicyclic) bond motifs is 2. The minimum absolute atomic E-state index is 0.158. The summed E-state index contributed by atoms with van der Waals surface area (Å²) in [5.41, 5.74) is 7.44. The Hall–Kier alpha value is -2.10. The van der Waals surface area contributed by atoms with Gasteiger partial charge in [-0.25, -0.2) is 0 Å². The standard InChI is InChI=1S/C20H16N4Se2/c1-3-7-19-17(5-1)21-25-23(19)13-15-9-11-16(12-10-15)14-24-20-8-4-2-6-18(20)22-26-24/h1-12H,13-14H2/q+2. The molecule has 0 fully saturated rings. The summed E-state index contributed by atoms with van der Waals surface area (Å²) in [5.74, 6) is 0. The van der Waals surface area contributed by atoms with Gasteiger partial charge in [-0.1, -0.05) is 0 Å². The maximum atomic E-state index is 4.66. The SMILES string of the molecule is c1ccc2c(c1)n[se][n+]2Cc1ccc(C[n+]2[se]nc3ccccc32)cc1. The van der Waals surface area contributed by atoms with Gasteiger partial charge >= 0.3 is 164 Å². The van der Waals surface area contributed by atoms with E-state index < -0.39 is 0 Å². The molecule has 0 aliphatic carbocycles. The van der Waals surface area contributed by atoms with Crippen LogP contribution in [0.5, 0.6) is 0 Å². The average Bonchev–Trinajstić information content (AvgIpc) is 3.28. The zero-order valence-corrected chi connectivity index (χ0v) is 17.4. The Morgan fingerprint density at radius 1 is 0.577 bits per heavy atom. The van der Waals surface area contributed by atoms with E-state index >= 15 is 0 Å². The van der Waals surface area contributed by atoms with Crippen LogP contribution in [0.15, 0.2) is 72.8 Å². The molecule has 6 heteroatoms. The second-order valence-corrected chi connectivity index (χ2v) is 9.51. The monoisotopic (exact) mass is 472 g/mol. The number of benzene rings is 3. The van der Waals surface area contributed by atoms with Crippen molar-refractivity contribution in [2.24, 2.45) is 0 Å². The fraction of sp³-hybridized carbons (Fsp3) is 0.100. The molecule has 0 saturated heterocycles. The summed E-state index contributed by atoms with van der Waals surface area (Å²) in [6.45, 7) is 1.85. The molecule has 0 aliphatic rings. The van der Waals surface area contributed by atoms with Gasteiger partial charge in [0.15, 0.2) is 0 Å². The Labute approximate surface area is 163 Å². The van der Waals surface area contributed by atoms with Crippen LogP contribution < -0.4 is 7.12 Å². The van der Waals surface area contributed by atoms with Crippen LogP contribution in [0.25, 0.3) is 22.1 Å². The molecule has 0 amide bonds. The number of para-hydroxylation sites is 2. The van der Waals surface area contributed by atoms with Crippen molar-refractivity contribution in [3.63, 3.8) is 0 Å². The average molecular weight is 470 g/mol. The topological polar surface area (TPSA) is 33.5 Å². The first-order valence-electron chi connectivity index (χ1n) is 8.44. The first-order chi connectivity index (χ1) is 12.9. The van der Waals surface area contributed by atoms with E-state index in [-0.39, 0.29) is 29.9 Å². The van der Waals surface area contributed by atoms with Crippen LogP contribution in [0.4, 0.5) is 0 Å². The summed E-state index contributed by atoms with van der Waals surface area (Å²) in [6, 6.07) is 25.8. The van der Waals surface area contributed by atoms with Crippen molar-refractivity contribution in [1.29, 1.82) is 0 Å². The molecule has 126 valence electrons. The van der Waals surface area contributed by atoms with Crippen LogP contribution in [0.1, 0.15) is 11.1 Å². The molecule has 0 saturated carbocycles. The predicted molar refractivity (Wildman–Crippen MR) is 102 cm³/mol. The third-order valence-electron chi connectivity index (χ3n) is 4.45. The van der Waals surface area contributed by atoms with Crippen molar-refractivity contribution in [2.75, 3.05) is 0 Å². The van der Waals surface area contributed by atoms with Gasteiger partial charge in [0, 0.05) is 0 Å². The Bertz CT molecular complexity index is 1100. The van der Waals surface area contributed by atoms with Crippen molar-refractivity contribution >= 4 is 52.0 Å². The third kappa shape index (κ3) is 3.06. The van der Waals surface area contributed by atoms with Gasteiger partial charge in [0.2, 0.25) is 0 Å². The number of hydrogen-bond donors (Lipinski definition) is 0. The van der Waals surface area contributed by atoms with Crippen molar-refractivity contribution < 1.29 is 7.12 Å². The van der Waals surface area contributed by atoms with Crippen LogP contribution >= 0.6 is 0 Å². The molecule has 26 heavy (non-hydrogen) atoms. The summed E-state index contributed by atoms with van der Waals surface area (Å²) in [6.07, 6.45) is 0. The summed E-state index contributed by atoms with van der Waals surface area (Å²) in [5, 5.41) is 0. The van der Waals surface area contributed by atoms with E-state index in [4.69, 9.17) is 0 Å². The van der Waals surface area contributed by atoms with Crippen molar-refractivity contribution in [1.82, 2.24) is 7.96 Å². The van der Waals surface area contributed by atoms with Crippen LogP contribution in [0, 0.1) is 0 Å². The quantitative estimate of drug-likeness (QED) is 0.374. The normalized spacial score (nSPS) is 11.4. The maximum absolute atomic E-state index is 4.66. The molecular formula is C20H16N4Se2+2. The van der Waals surface area contributed by atoms with E-state index in [2.05, 4.69) is 87.9 Å². The second-order valence-electron chi connectivity index (χ2n) is 6.21. The minimum atomic E-state index is 0.158. The van der Waals surface area contributed by atoms with Gasteiger partial charge in [0.05, 0.1) is 0 Å². The van der Waals surface area contributed by atoms with E-state index in [1.54, 1.807) is 0 Å². The number of rotatable bonds is 4. The van der Waals surface area contributed by atoms with Crippen molar-refractivity contribution in [2.45, 2.75) is 13.1 Å². The van der Waals surface area contributed by atoms with Crippen molar-refractivity contribution in [3.8, 4) is 0 Å². The number of nitrogens with zero attached hydrogens (tertiary/aromatic N) is 4. The Kier molecular flexibility index (Phi) is 4.27. The molecule has 0 radical (unpaired) electrons. The third-order valence-corrected chi connectivity index (χ3v) is 7.81. The molecule has 0 atom stereocenters. The Balaban J connectivity index is 1.37. The molecule has 2 aromatic heterocycles. The van der Waals surface area contributed by atoms with E-state index in [1.165, 1.54) is 22.2 Å². The molecule has 0 spiro atoms.